The number of aromatic nitrogens is 3. The maximum atomic E-state index is 12.0. The standard InChI is InChI=1S/C23H25N3O2S/c1-15-7-5-6-8-18(15)26-20(16-9-11-17(12-10-16)23(2,3)4)24-25-22(26)29-19-13-14-28-21(19)27/h5-12,19H,13-14H2,1-4H3/t19-/m0/s1. The fraction of sp³-hybridized carbons (Fsp3) is 0.348. The second-order valence-electron chi connectivity index (χ2n) is 8.32. The summed E-state index contributed by atoms with van der Waals surface area (Å²) in [5, 5.41) is 9.42. The number of aryl methyl sites for hydroxylation is 1. The van der Waals surface area contributed by atoms with Gasteiger partial charge in [0, 0.05) is 12.0 Å². The first-order valence-electron chi connectivity index (χ1n) is 9.80. The van der Waals surface area contributed by atoms with E-state index in [2.05, 4.69) is 78.9 Å². The number of carbonyl (C=O) groups is 1. The molecule has 1 fully saturated rings. The largest absolute Gasteiger partial charge is 0.465 e. The minimum Gasteiger partial charge on any atom is -0.465 e. The van der Waals surface area contributed by atoms with E-state index >= 15 is 0 Å². The molecule has 0 amide bonds. The topological polar surface area (TPSA) is 57.0 Å². The zero-order chi connectivity index (χ0) is 20.6. The first-order chi connectivity index (χ1) is 13.8. The molecule has 1 atom stereocenters. The number of nitrogens with zero attached hydrogens (tertiary/aromatic N) is 3. The molecule has 0 radical (unpaired) electrons. The minimum atomic E-state index is -0.238. The van der Waals surface area contributed by atoms with Crippen LogP contribution in [0.2, 0.25) is 0 Å². The predicted molar refractivity (Wildman–Crippen MR) is 115 cm³/mol. The zero-order valence-electron chi connectivity index (χ0n) is 17.2. The van der Waals surface area contributed by atoms with Crippen LogP contribution in [0.5, 0.6) is 0 Å². The quantitative estimate of drug-likeness (QED) is 0.573. The summed E-state index contributed by atoms with van der Waals surface area (Å²) in [7, 11) is 0. The van der Waals surface area contributed by atoms with Crippen LogP contribution in [0.4, 0.5) is 0 Å². The first kappa shape index (κ1) is 19.7. The molecule has 6 heteroatoms. The van der Waals surface area contributed by atoms with Crippen molar-refractivity contribution < 1.29 is 9.53 Å². The lowest BCUT2D eigenvalue weighted by atomic mass is 9.87. The van der Waals surface area contributed by atoms with Crippen molar-refractivity contribution in [3.63, 3.8) is 0 Å². The highest BCUT2D eigenvalue weighted by Gasteiger charge is 2.30. The zero-order valence-corrected chi connectivity index (χ0v) is 18.0. The van der Waals surface area contributed by atoms with Crippen LogP contribution in [0, 0.1) is 6.92 Å². The van der Waals surface area contributed by atoms with E-state index < -0.39 is 0 Å². The molecule has 1 aromatic heterocycles. The molecular formula is C23H25N3O2S. The van der Waals surface area contributed by atoms with Gasteiger partial charge in [-0.3, -0.25) is 9.36 Å². The molecule has 1 saturated heterocycles. The first-order valence-corrected chi connectivity index (χ1v) is 10.7. The van der Waals surface area contributed by atoms with E-state index in [1.807, 2.05) is 12.1 Å². The maximum Gasteiger partial charge on any atom is 0.319 e. The molecule has 5 nitrogen and oxygen atoms in total. The maximum absolute atomic E-state index is 12.0. The van der Waals surface area contributed by atoms with Gasteiger partial charge in [-0.1, -0.05) is 75.0 Å². The predicted octanol–water partition coefficient (Wildman–Crippen LogP) is 4.95. The number of hydrogen-bond donors (Lipinski definition) is 0. The van der Waals surface area contributed by atoms with Crippen LogP contribution < -0.4 is 0 Å². The highest BCUT2D eigenvalue weighted by atomic mass is 32.2. The number of hydrogen-bond acceptors (Lipinski definition) is 5. The number of cyclic esters (lactones) is 1. The SMILES string of the molecule is Cc1ccccc1-n1c(S[C@H]2CCOC2=O)nnc1-c1ccc(C(C)(C)C)cc1. The van der Waals surface area contributed by atoms with Crippen molar-refractivity contribution in [2.75, 3.05) is 6.61 Å². The van der Waals surface area contributed by atoms with Crippen molar-refractivity contribution in [1.82, 2.24) is 14.8 Å². The number of carbonyl (C=O) groups excluding carboxylic acids is 1. The third kappa shape index (κ3) is 3.94. The Morgan fingerprint density at radius 2 is 1.79 bits per heavy atom. The van der Waals surface area contributed by atoms with Gasteiger partial charge in [0.15, 0.2) is 11.0 Å². The van der Waals surface area contributed by atoms with E-state index in [9.17, 15) is 4.79 Å². The summed E-state index contributed by atoms with van der Waals surface area (Å²) >= 11 is 1.43. The molecule has 2 heterocycles. The lowest BCUT2D eigenvalue weighted by Gasteiger charge is -2.19. The van der Waals surface area contributed by atoms with Crippen LogP contribution in [0.3, 0.4) is 0 Å². The lowest BCUT2D eigenvalue weighted by molar-refractivity contribution is -0.137. The van der Waals surface area contributed by atoms with Gasteiger partial charge in [-0.2, -0.15) is 0 Å². The van der Waals surface area contributed by atoms with Crippen LogP contribution >= 0.6 is 11.8 Å². The molecule has 2 aromatic carbocycles. The summed E-state index contributed by atoms with van der Waals surface area (Å²) in [6.45, 7) is 9.14. The molecule has 0 N–H and O–H groups in total. The van der Waals surface area contributed by atoms with Crippen molar-refractivity contribution in [2.45, 2.75) is 49.9 Å². The molecule has 0 aliphatic carbocycles. The molecule has 3 aromatic rings. The van der Waals surface area contributed by atoms with Gasteiger partial charge in [0.1, 0.15) is 5.25 Å². The molecule has 1 aliphatic rings. The van der Waals surface area contributed by atoms with Crippen molar-refractivity contribution in [2.24, 2.45) is 0 Å². The molecule has 0 spiro atoms. The third-order valence-corrected chi connectivity index (χ3v) is 6.32. The second kappa shape index (κ2) is 7.67. The number of para-hydroxylation sites is 1. The van der Waals surface area contributed by atoms with Crippen LogP contribution in [0.1, 0.15) is 38.3 Å². The summed E-state index contributed by atoms with van der Waals surface area (Å²) in [6, 6.07) is 16.6. The fourth-order valence-corrected chi connectivity index (χ4v) is 4.41. The molecule has 0 saturated carbocycles. The third-order valence-electron chi connectivity index (χ3n) is 5.13. The molecule has 29 heavy (non-hydrogen) atoms. The Hall–Kier alpha value is -2.60. The Labute approximate surface area is 175 Å². The van der Waals surface area contributed by atoms with Gasteiger partial charge in [0.05, 0.1) is 12.3 Å². The molecule has 1 aliphatic heterocycles. The number of thioether (sulfide) groups is 1. The van der Waals surface area contributed by atoms with Crippen molar-refractivity contribution in [3.8, 4) is 17.1 Å². The second-order valence-corrected chi connectivity index (χ2v) is 9.49. The molecular weight excluding hydrogens is 382 g/mol. The van der Waals surface area contributed by atoms with Crippen LogP contribution in [-0.4, -0.2) is 32.6 Å². The molecule has 150 valence electrons. The molecule has 0 bridgehead atoms. The van der Waals surface area contributed by atoms with Gasteiger partial charge in [0.25, 0.3) is 0 Å². The Bertz CT molecular complexity index is 1040. The highest BCUT2D eigenvalue weighted by molar-refractivity contribution is 8.00. The van der Waals surface area contributed by atoms with Gasteiger partial charge in [0.2, 0.25) is 0 Å². The number of esters is 1. The Morgan fingerprint density at radius 3 is 2.41 bits per heavy atom. The molecule has 4 rings (SSSR count). The minimum absolute atomic E-state index is 0.0894. The summed E-state index contributed by atoms with van der Waals surface area (Å²) in [5.74, 6) is 0.596. The summed E-state index contributed by atoms with van der Waals surface area (Å²) in [5.41, 5.74) is 4.49. The average molecular weight is 408 g/mol. The Balaban J connectivity index is 1.80. The van der Waals surface area contributed by atoms with Crippen molar-refractivity contribution in [1.29, 1.82) is 0 Å². The number of rotatable bonds is 4. The monoisotopic (exact) mass is 407 g/mol. The van der Waals surface area contributed by atoms with E-state index in [0.29, 0.717) is 18.2 Å². The van der Waals surface area contributed by atoms with E-state index in [0.717, 1.165) is 22.6 Å². The normalized spacial score (nSPS) is 16.8. The Morgan fingerprint density at radius 1 is 1.07 bits per heavy atom. The van der Waals surface area contributed by atoms with Crippen LogP contribution in [-0.2, 0) is 14.9 Å². The lowest BCUT2D eigenvalue weighted by Crippen LogP contribution is -2.12. The van der Waals surface area contributed by atoms with Gasteiger partial charge in [-0.05, 0) is 29.5 Å². The smallest absolute Gasteiger partial charge is 0.319 e. The Kier molecular flexibility index (Phi) is 5.21. The van der Waals surface area contributed by atoms with Crippen LogP contribution in [0.25, 0.3) is 17.1 Å². The summed E-state index contributed by atoms with van der Waals surface area (Å²) < 4.78 is 7.18. The summed E-state index contributed by atoms with van der Waals surface area (Å²) in [4.78, 5) is 12.0. The van der Waals surface area contributed by atoms with Crippen molar-refractivity contribution >= 4 is 17.7 Å². The number of benzene rings is 2. The number of ether oxygens (including phenoxy) is 1. The van der Waals surface area contributed by atoms with E-state index in [-0.39, 0.29) is 16.6 Å². The molecule has 0 unspecified atom stereocenters. The fourth-order valence-electron chi connectivity index (χ4n) is 3.40. The van der Waals surface area contributed by atoms with E-state index in [1.54, 1.807) is 0 Å². The van der Waals surface area contributed by atoms with Crippen LogP contribution in [0.15, 0.2) is 53.7 Å². The van der Waals surface area contributed by atoms with Gasteiger partial charge >= 0.3 is 5.97 Å². The van der Waals surface area contributed by atoms with Crippen molar-refractivity contribution in [3.05, 3.63) is 59.7 Å². The van der Waals surface area contributed by atoms with Gasteiger partial charge in [-0.15, -0.1) is 10.2 Å². The highest BCUT2D eigenvalue weighted by Crippen LogP contribution is 2.34. The summed E-state index contributed by atoms with van der Waals surface area (Å²) in [6.07, 6.45) is 0.694. The van der Waals surface area contributed by atoms with E-state index in [4.69, 9.17) is 4.74 Å². The van der Waals surface area contributed by atoms with E-state index in [1.165, 1.54) is 17.3 Å². The average Bonchev–Trinajstić information content (AvgIpc) is 3.28. The van der Waals surface area contributed by atoms with Gasteiger partial charge in [-0.25, -0.2) is 0 Å². The van der Waals surface area contributed by atoms with Gasteiger partial charge < -0.3 is 4.74 Å².